The van der Waals surface area contributed by atoms with Crippen molar-refractivity contribution in [3.8, 4) is 17.2 Å². The maximum Gasteiger partial charge on any atom is 0.255 e. The number of nitrogens with one attached hydrogen (secondary N) is 1. The van der Waals surface area contributed by atoms with Gasteiger partial charge in [-0.15, -0.1) is 11.3 Å². The lowest BCUT2D eigenvalue weighted by Gasteiger charge is -2.26. The predicted molar refractivity (Wildman–Crippen MR) is 102 cm³/mol. The van der Waals surface area contributed by atoms with Crippen molar-refractivity contribution >= 4 is 17.2 Å². The molecule has 0 spiro atoms. The number of rotatable bonds is 7. The molecule has 0 fully saturated rings. The van der Waals surface area contributed by atoms with Crippen LogP contribution >= 0.6 is 11.3 Å². The van der Waals surface area contributed by atoms with Crippen LogP contribution in [0.5, 0.6) is 17.2 Å². The lowest BCUT2D eigenvalue weighted by Crippen LogP contribution is -2.37. The fourth-order valence-corrected chi connectivity index (χ4v) is 4.09. The molecule has 1 aromatic carbocycles. The number of carbonyl (C=O) groups is 1. The smallest absolute Gasteiger partial charge is 0.255 e. The Morgan fingerprint density at radius 1 is 1.15 bits per heavy atom. The largest absolute Gasteiger partial charge is 0.493 e. The zero-order valence-electron chi connectivity index (χ0n) is 15.3. The van der Waals surface area contributed by atoms with Gasteiger partial charge in [0.05, 0.1) is 26.9 Å². The summed E-state index contributed by atoms with van der Waals surface area (Å²) in [5.41, 5.74) is 1.85. The number of methoxy groups -OCH3 is 3. The van der Waals surface area contributed by atoms with Crippen molar-refractivity contribution < 1.29 is 19.0 Å². The molecule has 0 radical (unpaired) electrons. The van der Waals surface area contributed by atoms with E-state index in [0.29, 0.717) is 29.4 Å². The van der Waals surface area contributed by atoms with E-state index >= 15 is 0 Å². The maximum atomic E-state index is 12.6. The normalized spacial score (nSPS) is 13.8. The van der Waals surface area contributed by atoms with Gasteiger partial charge in [-0.3, -0.25) is 9.69 Å². The summed E-state index contributed by atoms with van der Waals surface area (Å²) < 4.78 is 16.0. The Bertz CT molecular complexity index is 775. The first-order valence-electron chi connectivity index (χ1n) is 8.52. The minimum Gasteiger partial charge on any atom is -0.493 e. The molecule has 0 saturated carbocycles. The Morgan fingerprint density at radius 3 is 2.69 bits per heavy atom. The van der Waals surface area contributed by atoms with E-state index in [1.54, 1.807) is 19.2 Å². The van der Waals surface area contributed by atoms with Crippen LogP contribution in [0.2, 0.25) is 0 Å². The Labute approximate surface area is 157 Å². The Balaban J connectivity index is 1.60. The second-order valence-corrected chi connectivity index (χ2v) is 7.03. The molecule has 0 saturated heterocycles. The van der Waals surface area contributed by atoms with Crippen LogP contribution in [0.1, 0.15) is 20.8 Å². The van der Waals surface area contributed by atoms with Crippen molar-refractivity contribution in [3.63, 3.8) is 0 Å². The second-order valence-electron chi connectivity index (χ2n) is 6.03. The zero-order valence-corrected chi connectivity index (χ0v) is 16.1. The first-order valence-corrected chi connectivity index (χ1v) is 9.40. The topological polar surface area (TPSA) is 60.0 Å². The van der Waals surface area contributed by atoms with Crippen molar-refractivity contribution in [1.82, 2.24) is 10.2 Å². The summed E-state index contributed by atoms with van der Waals surface area (Å²) in [6.07, 6.45) is 1.09. The standard InChI is InChI=1S/C19H24N2O4S/c1-23-15-5-4-14(17(24-2)18(15)25-3)19(22)20-8-10-21-9-6-16-13(12-21)7-11-26-16/h4-5,7,11H,6,8-10,12H2,1-3H3,(H,20,22). The van der Waals surface area contributed by atoms with Crippen LogP contribution in [0.25, 0.3) is 0 Å². The third-order valence-electron chi connectivity index (χ3n) is 4.55. The van der Waals surface area contributed by atoms with Crippen LogP contribution in [0, 0.1) is 0 Å². The summed E-state index contributed by atoms with van der Waals surface area (Å²) in [4.78, 5) is 16.4. The van der Waals surface area contributed by atoms with Gasteiger partial charge in [0.25, 0.3) is 5.91 Å². The van der Waals surface area contributed by atoms with Crippen molar-refractivity contribution in [2.75, 3.05) is 41.0 Å². The van der Waals surface area contributed by atoms with Crippen molar-refractivity contribution in [1.29, 1.82) is 0 Å². The van der Waals surface area contributed by atoms with E-state index in [1.807, 2.05) is 11.3 Å². The van der Waals surface area contributed by atoms with Crippen molar-refractivity contribution in [2.45, 2.75) is 13.0 Å². The third-order valence-corrected chi connectivity index (χ3v) is 5.57. The molecule has 1 N–H and O–H groups in total. The van der Waals surface area contributed by atoms with E-state index in [1.165, 1.54) is 24.7 Å². The fourth-order valence-electron chi connectivity index (χ4n) is 3.20. The number of hydrogen-bond acceptors (Lipinski definition) is 6. The summed E-state index contributed by atoms with van der Waals surface area (Å²) in [5.74, 6) is 1.14. The van der Waals surface area contributed by atoms with Crippen molar-refractivity contribution in [2.24, 2.45) is 0 Å². The van der Waals surface area contributed by atoms with Gasteiger partial charge in [-0.25, -0.2) is 0 Å². The molecule has 0 unspecified atom stereocenters. The number of carbonyl (C=O) groups excluding carboxylic acids is 1. The van der Waals surface area contributed by atoms with Gasteiger partial charge in [0.1, 0.15) is 0 Å². The molecule has 2 aromatic rings. The molecule has 6 nitrogen and oxygen atoms in total. The summed E-state index contributed by atoms with van der Waals surface area (Å²) in [6.45, 7) is 3.38. The van der Waals surface area contributed by atoms with E-state index in [9.17, 15) is 4.79 Å². The number of benzene rings is 1. The number of thiophene rings is 1. The quantitative estimate of drug-likeness (QED) is 0.805. The van der Waals surface area contributed by atoms with E-state index < -0.39 is 0 Å². The van der Waals surface area contributed by atoms with Gasteiger partial charge in [0, 0.05) is 31.1 Å². The summed E-state index contributed by atoms with van der Waals surface area (Å²) in [6, 6.07) is 5.59. The highest BCUT2D eigenvalue weighted by Gasteiger charge is 2.21. The molecule has 0 bridgehead atoms. The minimum atomic E-state index is -0.184. The Morgan fingerprint density at radius 2 is 1.96 bits per heavy atom. The second kappa shape index (κ2) is 8.42. The molecule has 26 heavy (non-hydrogen) atoms. The summed E-state index contributed by atoms with van der Waals surface area (Å²) in [7, 11) is 4.59. The van der Waals surface area contributed by atoms with Crippen LogP contribution < -0.4 is 19.5 Å². The van der Waals surface area contributed by atoms with Gasteiger partial charge in [0.15, 0.2) is 11.5 Å². The van der Waals surface area contributed by atoms with Gasteiger partial charge in [-0.1, -0.05) is 0 Å². The first-order chi connectivity index (χ1) is 12.7. The van der Waals surface area contributed by atoms with E-state index in [2.05, 4.69) is 21.7 Å². The van der Waals surface area contributed by atoms with Crippen LogP contribution in [0.4, 0.5) is 0 Å². The number of hydrogen-bond donors (Lipinski definition) is 1. The lowest BCUT2D eigenvalue weighted by atomic mass is 10.1. The molecule has 0 aliphatic carbocycles. The fraction of sp³-hybridized carbons (Fsp3) is 0.421. The monoisotopic (exact) mass is 376 g/mol. The van der Waals surface area contributed by atoms with Crippen LogP contribution in [-0.4, -0.2) is 51.8 Å². The molecule has 1 aromatic heterocycles. The molecule has 0 atom stereocenters. The number of fused-ring (bicyclic) bond motifs is 1. The highest BCUT2D eigenvalue weighted by atomic mass is 32.1. The predicted octanol–water partition coefficient (Wildman–Crippen LogP) is 2.56. The van der Waals surface area contributed by atoms with E-state index in [0.717, 1.165) is 26.1 Å². The third kappa shape index (κ3) is 3.78. The highest BCUT2D eigenvalue weighted by Crippen LogP contribution is 2.39. The molecular weight excluding hydrogens is 352 g/mol. The SMILES string of the molecule is COc1ccc(C(=O)NCCN2CCc3sccc3C2)c(OC)c1OC. The van der Waals surface area contributed by atoms with Crippen LogP contribution in [0.15, 0.2) is 23.6 Å². The molecule has 1 aliphatic heterocycles. The highest BCUT2D eigenvalue weighted by molar-refractivity contribution is 7.10. The van der Waals surface area contributed by atoms with E-state index in [-0.39, 0.29) is 5.91 Å². The Kier molecular flexibility index (Phi) is 6.00. The number of amides is 1. The average molecular weight is 376 g/mol. The summed E-state index contributed by atoms with van der Waals surface area (Å²) in [5, 5.41) is 5.13. The zero-order chi connectivity index (χ0) is 18.5. The molecular formula is C19H24N2O4S. The maximum absolute atomic E-state index is 12.6. The molecule has 2 heterocycles. The first kappa shape index (κ1) is 18.5. The van der Waals surface area contributed by atoms with Gasteiger partial charge in [-0.2, -0.15) is 0 Å². The molecule has 1 amide bonds. The van der Waals surface area contributed by atoms with Crippen LogP contribution in [0.3, 0.4) is 0 Å². The van der Waals surface area contributed by atoms with E-state index in [4.69, 9.17) is 14.2 Å². The lowest BCUT2D eigenvalue weighted by molar-refractivity contribution is 0.0943. The molecule has 140 valence electrons. The van der Waals surface area contributed by atoms with Crippen molar-refractivity contribution in [3.05, 3.63) is 39.6 Å². The number of ether oxygens (including phenoxy) is 3. The average Bonchev–Trinajstić information content (AvgIpc) is 3.14. The minimum absolute atomic E-state index is 0.184. The summed E-state index contributed by atoms with van der Waals surface area (Å²) >= 11 is 1.83. The number of nitrogens with zero attached hydrogens (tertiary/aromatic N) is 1. The van der Waals surface area contributed by atoms with Gasteiger partial charge in [-0.05, 0) is 35.6 Å². The molecule has 7 heteroatoms. The van der Waals surface area contributed by atoms with Gasteiger partial charge >= 0.3 is 0 Å². The van der Waals surface area contributed by atoms with Gasteiger partial charge in [0.2, 0.25) is 5.75 Å². The molecule has 3 rings (SSSR count). The Hall–Kier alpha value is -2.25. The van der Waals surface area contributed by atoms with Gasteiger partial charge < -0.3 is 19.5 Å². The molecule has 1 aliphatic rings. The van der Waals surface area contributed by atoms with Crippen LogP contribution in [-0.2, 0) is 13.0 Å².